The van der Waals surface area contributed by atoms with E-state index < -0.39 is 10.1 Å². The molecule has 0 heterocycles. The summed E-state index contributed by atoms with van der Waals surface area (Å²) in [6.07, 6.45) is 0. The highest BCUT2D eigenvalue weighted by atomic mass is 32.2. The summed E-state index contributed by atoms with van der Waals surface area (Å²) in [4.78, 5) is -0.0741. The van der Waals surface area contributed by atoms with E-state index in [0.717, 1.165) is 5.69 Å². The monoisotopic (exact) mass is 301 g/mol. The van der Waals surface area contributed by atoms with Gasteiger partial charge >= 0.3 is 0 Å². The van der Waals surface area contributed by atoms with E-state index in [4.69, 9.17) is 10.3 Å². The maximum absolute atomic E-state index is 10.4. The van der Waals surface area contributed by atoms with Gasteiger partial charge in [-0.1, -0.05) is 48.5 Å². The fraction of sp³-hybridized carbons (Fsp3) is 0. The van der Waals surface area contributed by atoms with E-state index >= 15 is 0 Å². The van der Waals surface area contributed by atoms with Crippen LogP contribution in [0.3, 0.4) is 0 Å². The molecule has 0 aliphatic carbocycles. The van der Waals surface area contributed by atoms with Crippen molar-refractivity contribution in [3.8, 4) is 0 Å². The lowest BCUT2D eigenvalue weighted by molar-refractivity contribution is 0.483. The summed E-state index contributed by atoms with van der Waals surface area (Å²) in [7, 11) is -4.00. The predicted octanol–water partition coefficient (Wildman–Crippen LogP) is 3.36. The van der Waals surface area contributed by atoms with Gasteiger partial charge in [-0.05, 0) is 35.0 Å². The highest BCUT2D eigenvalue weighted by Gasteiger charge is 2.05. The lowest BCUT2D eigenvalue weighted by Gasteiger charge is -1.96. The number of hydrogen-bond acceptors (Lipinski definition) is 3. The van der Waals surface area contributed by atoms with E-state index in [1.165, 1.54) is 22.9 Å². The van der Waals surface area contributed by atoms with Crippen LogP contribution < -0.4 is 5.73 Å². The van der Waals surface area contributed by atoms with Crippen molar-refractivity contribution < 1.29 is 13.0 Å². The van der Waals surface area contributed by atoms with Crippen LogP contribution in [0.5, 0.6) is 0 Å². The largest absolute Gasteiger partial charge is 0.399 e. The van der Waals surface area contributed by atoms with Crippen LogP contribution in [0.4, 0.5) is 5.69 Å². The van der Waals surface area contributed by atoms with Crippen LogP contribution in [-0.4, -0.2) is 13.0 Å². The van der Waals surface area contributed by atoms with Crippen LogP contribution in [0, 0.1) is 0 Å². The summed E-state index contributed by atoms with van der Waals surface area (Å²) < 4.78 is 29.2. The third kappa shape index (κ3) is 4.30. The van der Waals surface area contributed by atoms with Crippen molar-refractivity contribution in [2.45, 2.75) is 4.90 Å². The average Bonchev–Trinajstić information content (AvgIpc) is 2.48. The van der Waals surface area contributed by atoms with Crippen LogP contribution in [0.25, 0.3) is 10.8 Å². The molecule has 3 aromatic carbocycles. The molecule has 0 radical (unpaired) electrons. The van der Waals surface area contributed by atoms with E-state index in [-0.39, 0.29) is 4.90 Å². The molecule has 3 N–H and O–H groups in total. The molecule has 0 aliphatic heterocycles. The van der Waals surface area contributed by atoms with Gasteiger partial charge in [0.2, 0.25) is 0 Å². The van der Waals surface area contributed by atoms with Gasteiger partial charge in [-0.25, -0.2) is 0 Å². The third-order valence-electron chi connectivity index (χ3n) is 2.81. The molecule has 0 aromatic heterocycles. The topological polar surface area (TPSA) is 80.4 Å². The van der Waals surface area contributed by atoms with Crippen molar-refractivity contribution in [3.63, 3.8) is 0 Å². The Morgan fingerprint density at radius 3 is 1.90 bits per heavy atom. The first-order valence-electron chi connectivity index (χ1n) is 6.23. The molecule has 3 aromatic rings. The van der Waals surface area contributed by atoms with Crippen LogP contribution in [0.2, 0.25) is 0 Å². The Labute approximate surface area is 123 Å². The molecular formula is C16H15NO3S. The Kier molecular flexibility index (Phi) is 4.57. The van der Waals surface area contributed by atoms with Gasteiger partial charge in [0.25, 0.3) is 10.1 Å². The highest BCUT2D eigenvalue weighted by molar-refractivity contribution is 7.85. The summed E-state index contributed by atoms with van der Waals surface area (Å²) in [5.74, 6) is 0. The standard InChI is InChI=1S/C10H9N.C6H6O3S/c11-10-6-5-8-3-1-2-4-9(8)7-10;7-10(8,9)6-4-2-1-3-5-6/h1-7H,11H2;1-5H,(H,7,8,9). The first-order valence-corrected chi connectivity index (χ1v) is 7.67. The van der Waals surface area contributed by atoms with Gasteiger partial charge in [0.1, 0.15) is 0 Å². The molecule has 0 aliphatic rings. The van der Waals surface area contributed by atoms with E-state index in [1.54, 1.807) is 18.2 Å². The quantitative estimate of drug-likeness (QED) is 0.533. The molecule has 0 bridgehead atoms. The maximum Gasteiger partial charge on any atom is 0.294 e. The minimum atomic E-state index is -4.00. The molecule has 0 saturated heterocycles. The number of anilines is 1. The number of nitrogens with two attached hydrogens (primary N) is 1. The highest BCUT2D eigenvalue weighted by Crippen LogP contribution is 2.16. The van der Waals surface area contributed by atoms with Gasteiger partial charge in [0.05, 0.1) is 4.90 Å². The summed E-state index contributed by atoms with van der Waals surface area (Å²) in [5, 5.41) is 2.44. The lowest BCUT2D eigenvalue weighted by Crippen LogP contribution is -1.96. The van der Waals surface area contributed by atoms with Crippen molar-refractivity contribution in [1.29, 1.82) is 0 Å². The minimum absolute atomic E-state index is 0.0741. The van der Waals surface area contributed by atoms with Gasteiger partial charge in [-0.15, -0.1) is 0 Å². The summed E-state index contributed by atoms with van der Waals surface area (Å²) in [6, 6.07) is 21.5. The van der Waals surface area contributed by atoms with Crippen molar-refractivity contribution in [1.82, 2.24) is 0 Å². The van der Waals surface area contributed by atoms with Gasteiger partial charge in [0, 0.05) is 5.69 Å². The van der Waals surface area contributed by atoms with Crippen molar-refractivity contribution in [2.75, 3.05) is 5.73 Å². The Hall–Kier alpha value is -2.37. The number of fused-ring (bicyclic) bond motifs is 1. The Bertz CT molecular complexity index is 830. The molecule has 0 amide bonds. The molecule has 0 atom stereocenters. The zero-order valence-corrected chi connectivity index (χ0v) is 12.0. The molecule has 5 heteroatoms. The average molecular weight is 301 g/mol. The molecule has 3 rings (SSSR count). The van der Waals surface area contributed by atoms with Crippen LogP contribution >= 0.6 is 0 Å². The Balaban J connectivity index is 0.000000155. The van der Waals surface area contributed by atoms with Crippen LogP contribution in [-0.2, 0) is 10.1 Å². The van der Waals surface area contributed by atoms with Gasteiger partial charge < -0.3 is 5.73 Å². The molecule has 0 unspecified atom stereocenters. The normalized spacial score (nSPS) is 10.7. The molecule has 0 fully saturated rings. The number of nitrogen functional groups attached to an aromatic ring is 1. The molecule has 0 spiro atoms. The maximum atomic E-state index is 10.4. The van der Waals surface area contributed by atoms with E-state index in [2.05, 4.69) is 12.1 Å². The Morgan fingerprint density at radius 1 is 0.762 bits per heavy atom. The van der Waals surface area contributed by atoms with E-state index in [0.29, 0.717) is 0 Å². The molecule has 0 saturated carbocycles. The predicted molar refractivity (Wildman–Crippen MR) is 84.6 cm³/mol. The van der Waals surface area contributed by atoms with Crippen molar-refractivity contribution in [3.05, 3.63) is 72.8 Å². The zero-order valence-electron chi connectivity index (χ0n) is 11.2. The first kappa shape index (κ1) is 15.0. The Morgan fingerprint density at radius 2 is 1.33 bits per heavy atom. The van der Waals surface area contributed by atoms with E-state index in [1.807, 2.05) is 30.3 Å². The summed E-state index contributed by atoms with van der Waals surface area (Å²) in [6.45, 7) is 0. The van der Waals surface area contributed by atoms with Gasteiger partial charge in [-0.3, -0.25) is 4.55 Å². The number of hydrogen-bond donors (Lipinski definition) is 2. The SMILES string of the molecule is Nc1ccc2ccccc2c1.O=S(=O)(O)c1ccccc1. The van der Waals surface area contributed by atoms with Crippen LogP contribution in [0.1, 0.15) is 0 Å². The number of benzene rings is 3. The molecular weight excluding hydrogens is 286 g/mol. The fourth-order valence-corrected chi connectivity index (χ4v) is 2.30. The second kappa shape index (κ2) is 6.39. The van der Waals surface area contributed by atoms with Gasteiger partial charge in [0.15, 0.2) is 0 Å². The van der Waals surface area contributed by atoms with E-state index in [9.17, 15) is 8.42 Å². The molecule has 21 heavy (non-hydrogen) atoms. The van der Waals surface area contributed by atoms with Crippen LogP contribution in [0.15, 0.2) is 77.7 Å². The summed E-state index contributed by atoms with van der Waals surface area (Å²) >= 11 is 0. The minimum Gasteiger partial charge on any atom is -0.399 e. The molecule has 108 valence electrons. The smallest absolute Gasteiger partial charge is 0.294 e. The fourth-order valence-electron chi connectivity index (χ4n) is 1.80. The number of rotatable bonds is 1. The lowest BCUT2D eigenvalue weighted by atomic mass is 10.1. The van der Waals surface area contributed by atoms with Crippen molar-refractivity contribution >= 4 is 26.6 Å². The first-order chi connectivity index (χ1) is 9.97. The molecule has 4 nitrogen and oxygen atoms in total. The van der Waals surface area contributed by atoms with Crippen molar-refractivity contribution in [2.24, 2.45) is 0 Å². The zero-order chi connectivity index (χ0) is 15.3. The van der Waals surface area contributed by atoms with Gasteiger partial charge in [-0.2, -0.15) is 8.42 Å². The third-order valence-corrected chi connectivity index (χ3v) is 3.68. The second-order valence-corrected chi connectivity index (χ2v) is 5.82. The second-order valence-electron chi connectivity index (χ2n) is 4.39. The summed E-state index contributed by atoms with van der Waals surface area (Å²) in [5.41, 5.74) is 6.45.